The van der Waals surface area contributed by atoms with Gasteiger partial charge in [0, 0.05) is 5.02 Å². The first kappa shape index (κ1) is 24.7. The molecule has 0 aromatic heterocycles. The molecule has 1 aliphatic rings. The Bertz CT molecular complexity index is 1380. The van der Waals surface area contributed by atoms with Crippen LogP contribution in [0.25, 0.3) is 6.08 Å². The summed E-state index contributed by atoms with van der Waals surface area (Å²) in [5.41, 5.74) is 4.69. The van der Waals surface area contributed by atoms with Crippen molar-refractivity contribution in [3.8, 4) is 5.75 Å². The summed E-state index contributed by atoms with van der Waals surface area (Å²) in [5.74, 6) is -0.866. The molecule has 1 saturated heterocycles. The Morgan fingerprint density at radius 3 is 2.40 bits per heavy atom. The topological polar surface area (TPSA) is 75.7 Å². The summed E-state index contributed by atoms with van der Waals surface area (Å²) in [4.78, 5) is 39.1. The predicted molar refractivity (Wildman–Crippen MR) is 140 cm³/mol. The van der Waals surface area contributed by atoms with Crippen molar-refractivity contribution in [3.63, 3.8) is 0 Å². The Kier molecular flexibility index (Phi) is 7.10. The molecule has 0 bridgehead atoms. The van der Waals surface area contributed by atoms with Crippen LogP contribution < -0.4 is 15.0 Å². The molecule has 35 heavy (non-hydrogen) atoms. The molecule has 4 amide bonds. The molecular formula is C27H22BrClN2O4. The zero-order chi connectivity index (χ0) is 25.3. The van der Waals surface area contributed by atoms with E-state index >= 15 is 0 Å². The molecule has 0 unspecified atom stereocenters. The van der Waals surface area contributed by atoms with Crippen LogP contribution in [0.3, 0.4) is 0 Å². The Morgan fingerprint density at radius 1 is 1.00 bits per heavy atom. The maximum absolute atomic E-state index is 13.2. The van der Waals surface area contributed by atoms with Crippen molar-refractivity contribution >= 4 is 57.1 Å². The van der Waals surface area contributed by atoms with E-state index in [0.29, 0.717) is 38.7 Å². The number of amides is 4. The summed E-state index contributed by atoms with van der Waals surface area (Å²) in [6, 6.07) is 15.6. The number of imide groups is 2. The number of nitrogens with one attached hydrogen (secondary N) is 1. The predicted octanol–water partition coefficient (Wildman–Crippen LogP) is 6.27. The molecule has 3 aromatic carbocycles. The number of hydrogen-bond donors (Lipinski definition) is 1. The highest BCUT2D eigenvalue weighted by molar-refractivity contribution is 9.10. The van der Waals surface area contributed by atoms with E-state index < -0.39 is 17.8 Å². The third-order valence-corrected chi connectivity index (χ3v) is 6.55. The normalized spacial score (nSPS) is 14.9. The number of nitrogens with zero attached hydrogens (tertiary/aromatic N) is 1. The van der Waals surface area contributed by atoms with Crippen molar-refractivity contribution in [1.82, 2.24) is 5.32 Å². The third kappa shape index (κ3) is 5.31. The number of rotatable bonds is 5. The second-order valence-electron chi connectivity index (χ2n) is 8.32. The molecule has 0 atom stereocenters. The lowest BCUT2D eigenvalue weighted by Gasteiger charge is -2.27. The van der Waals surface area contributed by atoms with Crippen LogP contribution in [0.5, 0.6) is 5.75 Å². The number of benzene rings is 3. The van der Waals surface area contributed by atoms with Gasteiger partial charge in [-0.15, -0.1) is 0 Å². The lowest BCUT2D eigenvalue weighted by atomic mass is 10.1. The van der Waals surface area contributed by atoms with Gasteiger partial charge < -0.3 is 4.74 Å². The number of urea groups is 1. The molecule has 0 radical (unpaired) electrons. The van der Waals surface area contributed by atoms with Crippen LogP contribution in [0.15, 0.2) is 64.6 Å². The van der Waals surface area contributed by atoms with Crippen LogP contribution in [0, 0.1) is 20.8 Å². The lowest BCUT2D eigenvalue weighted by Crippen LogP contribution is -2.54. The van der Waals surface area contributed by atoms with Gasteiger partial charge in [-0.05, 0) is 83.7 Å². The van der Waals surface area contributed by atoms with Crippen LogP contribution in [0.1, 0.15) is 27.8 Å². The van der Waals surface area contributed by atoms with Crippen LogP contribution in [-0.4, -0.2) is 17.8 Å². The highest BCUT2D eigenvalue weighted by Gasteiger charge is 2.37. The van der Waals surface area contributed by atoms with Gasteiger partial charge >= 0.3 is 6.03 Å². The number of barbiturate groups is 1. The minimum atomic E-state index is -0.821. The number of carbonyl (C=O) groups is 3. The fourth-order valence-electron chi connectivity index (χ4n) is 3.92. The van der Waals surface area contributed by atoms with E-state index in [1.54, 1.807) is 43.3 Å². The van der Waals surface area contributed by atoms with Gasteiger partial charge in [0.15, 0.2) is 0 Å². The van der Waals surface area contributed by atoms with E-state index in [-0.39, 0.29) is 5.57 Å². The standard InChI is InChI=1S/C27H22BrClN2O4/c1-15-9-16(2)11-19(10-15)14-35-24-8-7-18(13-21(24)28)12-20-25(32)30-27(34)31(26(20)33)23-6-4-5-22(29)17(23)3/h4-13H,14H2,1-3H3,(H,30,32,34)/b20-12+. The highest BCUT2D eigenvalue weighted by atomic mass is 79.9. The Hall–Kier alpha value is -3.42. The second-order valence-corrected chi connectivity index (χ2v) is 9.58. The molecule has 1 fully saturated rings. The fourth-order valence-corrected chi connectivity index (χ4v) is 4.60. The first-order valence-electron chi connectivity index (χ1n) is 10.8. The van der Waals surface area contributed by atoms with Crippen LogP contribution in [0.4, 0.5) is 10.5 Å². The van der Waals surface area contributed by atoms with Crippen molar-refractivity contribution < 1.29 is 19.1 Å². The molecule has 178 valence electrons. The largest absolute Gasteiger partial charge is 0.488 e. The van der Waals surface area contributed by atoms with Gasteiger partial charge in [0.2, 0.25) is 0 Å². The van der Waals surface area contributed by atoms with Gasteiger partial charge in [-0.25, -0.2) is 9.69 Å². The number of halogens is 2. The molecule has 1 N–H and O–H groups in total. The first-order valence-corrected chi connectivity index (χ1v) is 12.0. The van der Waals surface area contributed by atoms with Crippen molar-refractivity contribution in [1.29, 1.82) is 0 Å². The SMILES string of the molecule is Cc1cc(C)cc(COc2ccc(/C=C3\C(=O)NC(=O)N(c4cccc(Cl)c4C)C3=O)cc2Br)c1. The first-order chi connectivity index (χ1) is 16.6. The Balaban J connectivity index is 1.58. The van der Waals surface area contributed by atoms with Gasteiger partial charge in [0.25, 0.3) is 11.8 Å². The summed E-state index contributed by atoms with van der Waals surface area (Å²) in [5, 5.41) is 2.64. The van der Waals surface area contributed by atoms with Gasteiger partial charge in [-0.2, -0.15) is 0 Å². The highest BCUT2D eigenvalue weighted by Crippen LogP contribution is 2.31. The quantitative estimate of drug-likeness (QED) is 0.298. The molecule has 8 heteroatoms. The number of aryl methyl sites for hydroxylation is 2. The molecule has 0 spiro atoms. The molecular weight excluding hydrogens is 532 g/mol. The summed E-state index contributed by atoms with van der Waals surface area (Å²) < 4.78 is 6.62. The summed E-state index contributed by atoms with van der Waals surface area (Å²) in [7, 11) is 0. The van der Waals surface area contributed by atoms with E-state index in [2.05, 4.69) is 39.4 Å². The Labute approximate surface area is 216 Å². The molecule has 1 heterocycles. The summed E-state index contributed by atoms with van der Waals surface area (Å²) in [6.07, 6.45) is 1.44. The monoisotopic (exact) mass is 552 g/mol. The second kappa shape index (κ2) is 10.1. The van der Waals surface area contributed by atoms with Crippen molar-refractivity contribution in [2.45, 2.75) is 27.4 Å². The number of hydrogen-bond acceptors (Lipinski definition) is 4. The average Bonchev–Trinajstić information content (AvgIpc) is 2.78. The summed E-state index contributed by atoms with van der Waals surface area (Å²) >= 11 is 9.67. The van der Waals surface area contributed by atoms with Crippen molar-refractivity contribution in [3.05, 3.63) is 97.5 Å². The third-order valence-electron chi connectivity index (χ3n) is 5.52. The van der Waals surface area contributed by atoms with E-state index in [0.717, 1.165) is 10.5 Å². The molecule has 1 aliphatic heterocycles. The molecule has 0 saturated carbocycles. The van der Waals surface area contributed by atoms with Gasteiger partial charge in [0.05, 0.1) is 10.2 Å². The van der Waals surface area contributed by atoms with Gasteiger partial charge in [-0.1, -0.05) is 53.1 Å². The van der Waals surface area contributed by atoms with Crippen LogP contribution >= 0.6 is 27.5 Å². The molecule has 6 nitrogen and oxygen atoms in total. The van der Waals surface area contributed by atoms with E-state index in [1.165, 1.54) is 17.2 Å². The van der Waals surface area contributed by atoms with E-state index in [9.17, 15) is 14.4 Å². The molecule has 4 rings (SSSR count). The number of anilines is 1. The number of ether oxygens (including phenoxy) is 1. The van der Waals surface area contributed by atoms with Crippen molar-refractivity contribution in [2.24, 2.45) is 0 Å². The maximum atomic E-state index is 13.2. The minimum Gasteiger partial charge on any atom is -0.488 e. The fraction of sp³-hybridized carbons (Fsp3) is 0.148. The lowest BCUT2D eigenvalue weighted by molar-refractivity contribution is -0.122. The Morgan fingerprint density at radius 2 is 1.71 bits per heavy atom. The van der Waals surface area contributed by atoms with E-state index in [1.807, 2.05) is 13.8 Å². The molecule has 0 aliphatic carbocycles. The molecule has 3 aromatic rings. The zero-order valence-corrected chi connectivity index (χ0v) is 21.7. The average molecular weight is 554 g/mol. The smallest absolute Gasteiger partial charge is 0.335 e. The van der Waals surface area contributed by atoms with Crippen LogP contribution in [-0.2, 0) is 16.2 Å². The number of carbonyl (C=O) groups excluding carboxylic acids is 3. The zero-order valence-electron chi connectivity index (χ0n) is 19.3. The van der Waals surface area contributed by atoms with Crippen molar-refractivity contribution in [2.75, 3.05) is 4.90 Å². The maximum Gasteiger partial charge on any atom is 0.335 e. The summed E-state index contributed by atoms with van der Waals surface area (Å²) in [6.45, 7) is 6.18. The van der Waals surface area contributed by atoms with E-state index in [4.69, 9.17) is 16.3 Å². The van der Waals surface area contributed by atoms with Crippen LogP contribution in [0.2, 0.25) is 5.02 Å². The minimum absolute atomic E-state index is 0.167. The van der Waals surface area contributed by atoms with Gasteiger partial charge in [-0.3, -0.25) is 14.9 Å². The van der Waals surface area contributed by atoms with Gasteiger partial charge in [0.1, 0.15) is 17.9 Å².